The highest BCUT2D eigenvalue weighted by molar-refractivity contribution is 5.81. The largest absolute Gasteiger partial charge is 0.466 e. The van der Waals surface area contributed by atoms with Crippen LogP contribution in [0.1, 0.15) is 52.4 Å². The summed E-state index contributed by atoms with van der Waals surface area (Å²) in [4.78, 5) is 25.7. The third-order valence-corrected chi connectivity index (χ3v) is 3.77. The quantitative estimate of drug-likeness (QED) is 0.405. The lowest BCUT2D eigenvalue weighted by Crippen LogP contribution is -2.41. The van der Waals surface area contributed by atoms with Gasteiger partial charge in [0.2, 0.25) is 0 Å². The van der Waals surface area contributed by atoms with Crippen LogP contribution in [0.25, 0.3) is 0 Å². The Hall–Kier alpha value is -1.14. The van der Waals surface area contributed by atoms with Crippen molar-refractivity contribution in [1.82, 2.24) is 4.90 Å². The first-order valence-electron chi connectivity index (χ1n) is 8.82. The number of ether oxygens (including phenoxy) is 3. The first-order chi connectivity index (χ1) is 11.2. The van der Waals surface area contributed by atoms with E-state index in [2.05, 4.69) is 6.92 Å². The molecule has 0 saturated carbocycles. The predicted octanol–water partition coefficient (Wildman–Crippen LogP) is 2.15. The van der Waals surface area contributed by atoms with Crippen LogP contribution in [0.2, 0.25) is 0 Å². The van der Waals surface area contributed by atoms with Gasteiger partial charge in [0.05, 0.1) is 13.0 Å². The van der Waals surface area contributed by atoms with E-state index in [1.54, 1.807) is 11.8 Å². The molecule has 0 bridgehead atoms. The topological polar surface area (TPSA) is 65.1 Å². The van der Waals surface area contributed by atoms with Crippen LogP contribution in [0, 0.1) is 0 Å². The molecule has 1 rings (SSSR count). The second-order valence-electron chi connectivity index (χ2n) is 5.70. The first-order valence-corrected chi connectivity index (χ1v) is 8.82. The number of carbonyl (C=O) groups is 2. The molecule has 1 saturated heterocycles. The van der Waals surface area contributed by atoms with Gasteiger partial charge in [0, 0.05) is 32.9 Å². The van der Waals surface area contributed by atoms with Gasteiger partial charge in [-0.15, -0.1) is 0 Å². The minimum absolute atomic E-state index is 0.0136. The second-order valence-corrected chi connectivity index (χ2v) is 5.70. The molecule has 1 amide bonds. The van der Waals surface area contributed by atoms with Crippen molar-refractivity contribution in [1.29, 1.82) is 0 Å². The monoisotopic (exact) mass is 329 g/mol. The summed E-state index contributed by atoms with van der Waals surface area (Å²) in [6.07, 6.45) is 4.50. The van der Waals surface area contributed by atoms with E-state index in [-0.39, 0.29) is 24.4 Å². The predicted molar refractivity (Wildman–Crippen MR) is 87.1 cm³/mol. The number of unbranched alkanes of at least 4 members (excludes halogenated alkanes) is 1. The number of hydrogen-bond donors (Lipinski definition) is 0. The SMILES string of the molecule is CCCCOCCCN(CCC(=O)OCC)C(=O)C1CCCO1. The van der Waals surface area contributed by atoms with Gasteiger partial charge in [-0.05, 0) is 32.6 Å². The standard InChI is InChI=1S/C17H31NO5/c1-3-5-12-21-13-7-10-18(11-9-16(19)22-4-2)17(20)15-8-6-14-23-15/h15H,3-14H2,1-2H3. The lowest BCUT2D eigenvalue weighted by atomic mass is 10.2. The van der Waals surface area contributed by atoms with Gasteiger partial charge in [-0.25, -0.2) is 0 Å². The Morgan fingerprint density at radius 1 is 1.17 bits per heavy atom. The maximum atomic E-state index is 12.5. The Morgan fingerprint density at radius 3 is 2.61 bits per heavy atom. The minimum atomic E-state index is -0.349. The molecule has 0 aromatic heterocycles. The van der Waals surface area contributed by atoms with Crippen molar-refractivity contribution < 1.29 is 23.8 Å². The van der Waals surface area contributed by atoms with Gasteiger partial charge in [0.1, 0.15) is 6.10 Å². The average Bonchev–Trinajstić information content (AvgIpc) is 3.07. The highest BCUT2D eigenvalue weighted by Crippen LogP contribution is 2.15. The Balaban J connectivity index is 2.37. The van der Waals surface area contributed by atoms with Crippen molar-refractivity contribution in [3.8, 4) is 0 Å². The van der Waals surface area contributed by atoms with Crippen LogP contribution in [0.3, 0.4) is 0 Å². The fourth-order valence-corrected chi connectivity index (χ4v) is 2.47. The van der Waals surface area contributed by atoms with Gasteiger partial charge < -0.3 is 19.1 Å². The van der Waals surface area contributed by atoms with Gasteiger partial charge in [0.25, 0.3) is 5.91 Å². The number of rotatable bonds is 12. The maximum absolute atomic E-state index is 12.5. The Bertz CT molecular complexity index is 342. The van der Waals surface area contributed by atoms with E-state index in [1.165, 1.54) is 0 Å². The molecular formula is C17H31NO5. The van der Waals surface area contributed by atoms with Crippen molar-refractivity contribution in [3.63, 3.8) is 0 Å². The smallest absolute Gasteiger partial charge is 0.307 e. The van der Waals surface area contributed by atoms with Crippen molar-refractivity contribution in [2.75, 3.05) is 39.5 Å². The zero-order valence-electron chi connectivity index (χ0n) is 14.6. The summed E-state index contributed by atoms with van der Waals surface area (Å²) in [6.45, 7) is 7.28. The van der Waals surface area contributed by atoms with Crippen LogP contribution in [0.15, 0.2) is 0 Å². The Morgan fingerprint density at radius 2 is 1.96 bits per heavy atom. The molecule has 1 atom stereocenters. The molecule has 1 fully saturated rings. The molecule has 0 aromatic rings. The van der Waals surface area contributed by atoms with E-state index < -0.39 is 0 Å². The summed E-state index contributed by atoms with van der Waals surface area (Å²) in [7, 11) is 0. The number of amides is 1. The van der Waals surface area contributed by atoms with Crippen LogP contribution in [0.5, 0.6) is 0 Å². The van der Waals surface area contributed by atoms with Crippen molar-refractivity contribution >= 4 is 11.9 Å². The highest BCUT2D eigenvalue weighted by Gasteiger charge is 2.28. The van der Waals surface area contributed by atoms with E-state index in [0.717, 1.165) is 38.7 Å². The molecule has 23 heavy (non-hydrogen) atoms. The zero-order chi connectivity index (χ0) is 16.9. The summed E-state index contributed by atoms with van der Waals surface area (Å²) in [5, 5.41) is 0. The summed E-state index contributed by atoms with van der Waals surface area (Å²) in [5.74, 6) is -0.280. The summed E-state index contributed by atoms with van der Waals surface area (Å²) < 4.78 is 15.9. The molecule has 0 N–H and O–H groups in total. The van der Waals surface area contributed by atoms with Gasteiger partial charge in [-0.2, -0.15) is 0 Å². The summed E-state index contributed by atoms with van der Waals surface area (Å²) >= 11 is 0. The van der Waals surface area contributed by atoms with E-state index >= 15 is 0 Å². The molecule has 0 spiro atoms. The molecule has 1 unspecified atom stereocenters. The molecule has 134 valence electrons. The fourth-order valence-electron chi connectivity index (χ4n) is 2.47. The first kappa shape index (κ1) is 19.9. The summed E-state index contributed by atoms with van der Waals surface area (Å²) in [5.41, 5.74) is 0. The second kappa shape index (κ2) is 12.3. The van der Waals surface area contributed by atoms with Gasteiger partial charge in [0.15, 0.2) is 0 Å². The Kier molecular flexibility index (Phi) is 10.6. The molecule has 6 heteroatoms. The number of hydrogen-bond acceptors (Lipinski definition) is 5. The van der Waals surface area contributed by atoms with Crippen LogP contribution in [-0.2, 0) is 23.8 Å². The van der Waals surface area contributed by atoms with Crippen molar-refractivity contribution in [3.05, 3.63) is 0 Å². The van der Waals surface area contributed by atoms with Crippen LogP contribution >= 0.6 is 0 Å². The lowest BCUT2D eigenvalue weighted by Gasteiger charge is -2.25. The van der Waals surface area contributed by atoms with Crippen LogP contribution < -0.4 is 0 Å². The Labute approximate surface area is 139 Å². The molecule has 0 aromatic carbocycles. The van der Waals surface area contributed by atoms with Crippen LogP contribution in [0.4, 0.5) is 0 Å². The zero-order valence-corrected chi connectivity index (χ0v) is 14.6. The van der Waals surface area contributed by atoms with Crippen molar-refractivity contribution in [2.24, 2.45) is 0 Å². The normalized spacial score (nSPS) is 17.2. The number of esters is 1. The molecule has 1 aliphatic rings. The third kappa shape index (κ3) is 8.32. The number of carbonyl (C=O) groups excluding carboxylic acids is 2. The molecule has 1 aliphatic heterocycles. The van der Waals surface area contributed by atoms with Gasteiger partial charge in [-0.3, -0.25) is 9.59 Å². The molecule has 0 radical (unpaired) electrons. The van der Waals surface area contributed by atoms with Crippen molar-refractivity contribution in [2.45, 2.75) is 58.5 Å². The third-order valence-electron chi connectivity index (χ3n) is 3.77. The molecular weight excluding hydrogens is 298 g/mol. The van der Waals surface area contributed by atoms with Gasteiger partial charge >= 0.3 is 5.97 Å². The number of nitrogens with zero attached hydrogens (tertiary/aromatic N) is 1. The average molecular weight is 329 g/mol. The van der Waals surface area contributed by atoms with E-state index in [4.69, 9.17) is 14.2 Å². The fraction of sp³-hybridized carbons (Fsp3) is 0.882. The van der Waals surface area contributed by atoms with Crippen LogP contribution in [-0.4, -0.2) is 62.4 Å². The molecule has 0 aliphatic carbocycles. The van der Waals surface area contributed by atoms with E-state index in [1.807, 2.05) is 0 Å². The molecule has 1 heterocycles. The maximum Gasteiger partial charge on any atom is 0.307 e. The molecule has 6 nitrogen and oxygen atoms in total. The highest BCUT2D eigenvalue weighted by atomic mass is 16.5. The van der Waals surface area contributed by atoms with E-state index in [0.29, 0.717) is 32.9 Å². The minimum Gasteiger partial charge on any atom is -0.466 e. The van der Waals surface area contributed by atoms with Gasteiger partial charge in [-0.1, -0.05) is 13.3 Å². The lowest BCUT2D eigenvalue weighted by molar-refractivity contribution is -0.146. The summed E-state index contributed by atoms with van der Waals surface area (Å²) in [6, 6.07) is 0. The van der Waals surface area contributed by atoms with E-state index in [9.17, 15) is 9.59 Å².